The standard InChI is InChI=1S/C26H26N2Si.C13H13B/c1-25(2,3)23-15-10-16-24(19-23)29-26(28-18-17-27-20-28,21-11-6-4-7-12-21)22-13-8-5-9-14-22;1-14(12-8-4-2-5-9-12)13-10-6-3-7-11-13/h4-20H,1-3H3;2-11H,1H3. The van der Waals surface area contributed by atoms with Crippen LogP contribution >= 0.6 is 0 Å². The highest BCUT2D eigenvalue weighted by Crippen LogP contribution is 2.33. The number of imidazole rings is 1. The molecule has 2 nitrogen and oxygen atoms in total. The summed E-state index contributed by atoms with van der Waals surface area (Å²) in [5, 5.41) is 1.01. The van der Waals surface area contributed by atoms with E-state index in [0.29, 0.717) is 16.2 Å². The smallest absolute Gasteiger partial charge is 0.206 e. The SMILES string of the molecule is CB(c1ccccc1)c1ccccc1.CC(C)(C)c1cccc([Si]C(c2ccccc2)(c2ccccc2)n2ccnc2)c1. The highest BCUT2D eigenvalue weighted by molar-refractivity contribution is 6.84. The molecule has 0 saturated carbocycles. The van der Waals surface area contributed by atoms with Crippen LogP contribution in [0.3, 0.4) is 0 Å². The summed E-state index contributed by atoms with van der Waals surface area (Å²) in [6, 6.07) is 51.8. The van der Waals surface area contributed by atoms with Crippen molar-refractivity contribution in [3.05, 3.63) is 181 Å². The first-order chi connectivity index (χ1) is 20.9. The molecule has 0 spiro atoms. The molecule has 0 aliphatic carbocycles. The summed E-state index contributed by atoms with van der Waals surface area (Å²) in [5.74, 6) is 0. The first-order valence-corrected chi connectivity index (χ1v) is 16.0. The van der Waals surface area contributed by atoms with Gasteiger partial charge in [-0.15, -0.1) is 0 Å². The topological polar surface area (TPSA) is 17.8 Å². The Morgan fingerprint density at radius 3 is 1.49 bits per heavy atom. The first kappa shape index (κ1) is 30.1. The van der Waals surface area contributed by atoms with E-state index in [-0.39, 0.29) is 10.6 Å². The number of nitrogens with zero attached hydrogens (tertiary/aromatic N) is 2. The maximum Gasteiger partial charge on any atom is 0.206 e. The van der Waals surface area contributed by atoms with E-state index in [0.717, 1.165) is 0 Å². The molecule has 0 aliphatic heterocycles. The van der Waals surface area contributed by atoms with Crippen molar-refractivity contribution in [3.63, 3.8) is 0 Å². The average molecular weight is 575 g/mol. The number of rotatable bonds is 7. The van der Waals surface area contributed by atoms with Gasteiger partial charge in [-0.3, -0.25) is 0 Å². The Balaban J connectivity index is 0.000000220. The zero-order valence-corrected chi connectivity index (χ0v) is 26.6. The lowest BCUT2D eigenvalue weighted by molar-refractivity contribution is 0.589. The van der Waals surface area contributed by atoms with Gasteiger partial charge in [0.15, 0.2) is 0 Å². The van der Waals surface area contributed by atoms with Crippen molar-refractivity contribution in [2.24, 2.45) is 0 Å². The van der Waals surface area contributed by atoms with Crippen molar-refractivity contribution in [1.82, 2.24) is 9.55 Å². The third-order valence-corrected chi connectivity index (χ3v) is 9.72. The Hall–Kier alpha value is -4.41. The van der Waals surface area contributed by atoms with E-state index in [1.807, 2.05) is 12.5 Å². The molecule has 212 valence electrons. The number of hydrogen-bond acceptors (Lipinski definition) is 1. The normalized spacial score (nSPS) is 11.3. The van der Waals surface area contributed by atoms with E-state index in [4.69, 9.17) is 0 Å². The van der Waals surface area contributed by atoms with Crippen LogP contribution in [0.5, 0.6) is 0 Å². The summed E-state index contributed by atoms with van der Waals surface area (Å²) < 4.78 is 2.26. The van der Waals surface area contributed by atoms with Crippen LogP contribution in [0.4, 0.5) is 0 Å². The van der Waals surface area contributed by atoms with Crippen molar-refractivity contribution >= 4 is 32.3 Å². The average Bonchev–Trinajstić information content (AvgIpc) is 3.61. The molecule has 6 aromatic rings. The Labute approximate surface area is 260 Å². The van der Waals surface area contributed by atoms with E-state index in [2.05, 4.69) is 189 Å². The second kappa shape index (κ2) is 13.7. The molecule has 0 amide bonds. The lowest BCUT2D eigenvalue weighted by atomic mass is 9.43. The Bertz CT molecular complexity index is 1590. The number of aromatic nitrogens is 2. The van der Waals surface area contributed by atoms with Crippen LogP contribution < -0.4 is 16.1 Å². The molecule has 43 heavy (non-hydrogen) atoms. The van der Waals surface area contributed by atoms with Gasteiger partial charge in [-0.2, -0.15) is 0 Å². The molecule has 1 heterocycles. The van der Waals surface area contributed by atoms with E-state index in [1.165, 1.54) is 32.8 Å². The molecule has 1 aromatic heterocycles. The second-order valence-electron chi connectivity index (χ2n) is 11.9. The fourth-order valence-corrected chi connectivity index (χ4v) is 7.15. The molecule has 0 unspecified atom stereocenters. The summed E-state index contributed by atoms with van der Waals surface area (Å²) >= 11 is 0. The fourth-order valence-electron chi connectivity index (χ4n) is 5.44. The zero-order chi connectivity index (χ0) is 30.1. The maximum atomic E-state index is 4.40. The van der Waals surface area contributed by atoms with Crippen LogP contribution in [0.1, 0.15) is 37.5 Å². The van der Waals surface area contributed by atoms with Gasteiger partial charge in [0.05, 0.1) is 11.5 Å². The highest BCUT2D eigenvalue weighted by Gasteiger charge is 2.37. The van der Waals surface area contributed by atoms with Gasteiger partial charge < -0.3 is 4.57 Å². The molecule has 0 aliphatic rings. The van der Waals surface area contributed by atoms with Crippen molar-refractivity contribution in [3.8, 4) is 0 Å². The van der Waals surface area contributed by atoms with Crippen molar-refractivity contribution in [2.45, 2.75) is 38.2 Å². The van der Waals surface area contributed by atoms with Crippen LogP contribution in [0.2, 0.25) is 6.82 Å². The fraction of sp³-hybridized carbons (Fsp3) is 0.154. The summed E-state index contributed by atoms with van der Waals surface area (Å²) in [4.78, 5) is 4.40. The summed E-state index contributed by atoms with van der Waals surface area (Å²) in [7, 11) is 0.514. The van der Waals surface area contributed by atoms with E-state index >= 15 is 0 Å². The molecule has 6 rings (SSSR count). The maximum absolute atomic E-state index is 4.40. The van der Waals surface area contributed by atoms with Gasteiger partial charge in [0, 0.05) is 12.4 Å². The van der Waals surface area contributed by atoms with Gasteiger partial charge >= 0.3 is 0 Å². The Morgan fingerprint density at radius 2 is 1.05 bits per heavy atom. The molecule has 4 heteroatoms. The van der Waals surface area contributed by atoms with Crippen molar-refractivity contribution in [1.29, 1.82) is 0 Å². The van der Waals surface area contributed by atoms with Crippen LogP contribution in [0, 0.1) is 0 Å². The molecule has 0 atom stereocenters. The number of benzene rings is 5. The van der Waals surface area contributed by atoms with Gasteiger partial charge in [0.2, 0.25) is 6.71 Å². The molecule has 0 bridgehead atoms. The van der Waals surface area contributed by atoms with Crippen LogP contribution in [-0.4, -0.2) is 25.8 Å². The van der Waals surface area contributed by atoms with Gasteiger partial charge in [-0.25, -0.2) is 4.98 Å². The zero-order valence-electron chi connectivity index (χ0n) is 25.6. The van der Waals surface area contributed by atoms with Gasteiger partial charge in [0.25, 0.3) is 0 Å². The molecule has 5 aromatic carbocycles. The Kier molecular flexibility index (Phi) is 9.59. The van der Waals surface area contributed by atoms with Crippen molar-refractivity contribution in [2.75, 3.05) is 0 Å². The summed E-state index contributed by atoms with van der Waals surface area (Å²) in [6.07, 6.45) is 5.90. The Morgan fingerprint density at radius 1 is 0.581 bits per heavy atom. The van der Waals surface area contributed by atoms with E-state index in [9.17, 15) is 0 Å². The predicted octanol–water partition coefficient (Wildman–Crippen LogP) is 6.89. The van der Waals surface area contributed by atoms with Crippen LogP contribution in [0.25, 0.3) is 0 Å². The molecule has 2 radical (unpaired) electrons. The van der Waals surface area contributed by atoms with Gasteiger partial charge in [-0.05, 0) is 22.1 Å². The molecule has 0 N–H and O–H groups in total. The molecular weight excluding hydrogens is 535 g/mol. The third kappa shape index (κ3) is 7.15. The highest BCUT2D eigenvalue weighted by atomic mass is 28.2. The molecule has 0 saturated heterocycles. The molecular formula is C39H39BN2Si. The van der Waals surface area contributed by atoms with Gasteiger partial charge in [-0.1, -0.05) is 189 Å². The summed E-state index contributed by atoms with van der Waals surface area (Å²) in [6.45, 7) is 9.54. The van der Waals surface area contributed by atoms with Crippen LogP contribution in [-0.2, 0) is 10.6 Å². The number of hydrogen-bond donors (Lipinski definition) is 0. The third-order valence-electron chi connectivity index (χ3n) is 7.93. The van der Waals surface area contributed by atoms with Crippen molar-refractivity contribution < 1.29 is 0 Å². The minimum absolute atomic E-state index is 0.123. The largest absolute Gasteiger partial charge is 0.326 e. The summed E-state index contributed by atoms with van der Waals surface area (Å²) in [5.41, 5.74) is 6.77. The predicted molar refractivity (Wildman–Crippen MR) is 186 cm³/mol. The lowest BCUT2D eigenvalue weighted by Crippen LogP contribution is -2.47. The van der Waals surface area contributed by atoms with Gasteiger partial charge in [0.1, 0.15) is 9.52 Å². The minimum Gasteiger partial charge on any atom is -0.326 e. The quantitative estimate of drug-likeness (QED) is 0.190. The molecule has 0 fully saturated rings. The van der Waals surface area contributed by atoms with E-state index in [1.54, 1.807) is 0 Å². The second-order valence-corrected chi connectivity index (χ2v) is 13.5. The van der Waals surface area contributed by atoms with E-state index < -0.39 is 0 Å². The first-order valence-electron chi connectivity index (χ1n) is 15.0. The lowest BCUT2D eigenvalue weighted by Gasteiger charge is -2.36. The van der Waals surface area contributed by atoms with Crippen LogP contribution in [0.15, 0.2) is 164 Å². The minimum atomic E-state index is -0.338. The monoisotopic (exact) mass is 574 g/mol.